The van der Waals surface area contributed by atoms with Gasteiger partial charge in [-0.3, -0.25) is 0 Å². The zero-order valence-corrected chi connectivity index (χ0v) is 7.52. The molecule has 1 heterocycles. The Morgan fingerprint density at radius 2 is 2.64 bits per heavy atom. The van der Waals surface area contributed by atoms with Crippen molar-refractivity contribution in [2.75, 3.05) is 13.7 Å². The standard InChI is InChI=1S/C7H12N2OS/c1-6(8-2)4-10-7-3-9-11-5-7/h3,5-6,8H,4H2,1-2H3. The van der Waals surface area contributed by atoms with E-state index in [1.165, 1.54) is 11.5 Å². The molecule has 1 N–H and O–H groups in total. The lowest BCUT2D eigenvalue weighted by Gasteiger charge is -2.09. The Bertz CT molecular complexity index is 188. The summed E-state index contributed by atoms with van der Waals surface area (Å²) < 4.78 is 9.31. The van der Waals surface area contributed by atoms with Crippen molar-refractivity contribution >= 4 is 11.5 Å². The second-order valence-electron chi connectivity index (χ2n) is 2.36. The molecule has 1 rings (SSSR count). The summed E-state index contributed by atoms with van der Waals surface area (Å²) in [5.74, 6) is 0.858. The molecule has 3 nitrogen and oxygen atoms in total. The first kappa shape index (κ1) is 8.49. The van der Waals surface area contributed by atoms with Gasteiger partial charge in [-0.1, -0.05) is 0 Å². The van der Waals surface area contributed by atoms with Crippen molar-refractivity contribution in [3.05, 3.63) is 11.6 Å². The van der Waals surface area contributed by atoms with Crippen molar-refractivity contribution < 1.29 is 4.74 Å². The van der Waals surface area contributed by atoms with E-state index in [0.717, 1.165) is 5.75 Å². The molecule has 1 unspecified atom stereocenters. The normalized spacial score (nSPS) is 12.9. The molecule has 0 amide bonds. The van der Waals surface area contributed by atoms with Gasteiger partial charge in [-0.05, 0) is 25.5 Å². The van der Waals surface area contributed by atoms with Crippen LogP contribution in [0.3, 0.4) is 0 Å². The van der Waals surface area contributed by atoms with Crippen LogP contribution in [0.2, 0.25) is 0 Å². The zero-order valence-electron chi connectivity index (χ0n) is 6.70. The Hall–Kier alpha value is -0.610. The lowest BCUT2D eigenvalue weighted by atomic mass is 10.4. The summed E-state index contributed by atoms with van der Waals surface area (Å²) in [6.45, 7) is 2.76. The van der Waals surface area contributed by atoms with Crippen LogP contribution in [0.25, 0.3) is 0 Å². The average Bonchev–Trinajstić information content (AvgIpc) is 2.52. The van der Waals surface area contributed by atoms with E-state index in [1.54, 1.807) is 6.20 Å². The summed E-state index contributed by atoms with van der Waals surface area (Å²) in [7, 11) is 1.92. The fourth-order valence-corrected chi connectivity index (χ4v) is 1.03. The topological polar surface area (TPSA) is 34.1 Å². The number of nitrogens with zero attached hydrogens (tertiary/aromatic N) is 1. The molecular formula is C7H12N2OS. The fraction of sp³-hybridized carbons (Fsp3) is 0.571. The highest BCUT2D eigenvalue weighted by atomic mass is 32.1. The molecular weight excluding hydrogens is 160 g/mol. The molecule has 0 saturated carbocycles. The predicted molar refractivity (Wildman–Crippen MR) is 46.1 cm³/mol. The van der Waals surface area contributed by atoms with Gasteiger partial charge >= 0.3 is 0 Å². The van der Waals surface area contributed by atoms with Gasteiger partial charge in [0.05, 0.1) is 11.6 Å². The van der Waals surface area contributed by atoms with Crippen molar-refractivity contribution in [3.63, 3.8) is 0 Å². The molecule has 4 heteroatoms. The largest absolute Gasteiger partial charge is 0.489 e. The summed E-state index contributed by atoms with van der Waals surface area (Å²) in [6, 6.07) is 0.384. The Labute approximate surface area is 70.6 Å². The van der Waals surface area contributed by atoms with Crippen LogP contribution in [0, 0.1) is 0 Å². The van der Waals surface area contributed by atoms with Crippen LogP contribution in [0.1, 0.15) is 6.92 Å². The third-order valence-electron chi connectivity index (χ3n) is 1.40. The minimum Gasteiger partial charge on any atom is -0.489 e. The highest BCUT2D eigenvalue weighted by Crippen LogP contribution is 2.10. The van der Waals surface area contributed by atoms with Crippen LogP contribution in [0.4, 0.5) is 0 Å². The first-order valence-corrected chi connectivity index (χ1v) is 4.36. The lowest BCUT2D eigenvalue weighted by molar-refractivity contribution is 0.280. The number of hydrogen-bond acceptors (Lipinski definition) is 4. The molecule has 0 aromatic carbocycles. The molecule has 1 aromatic heterocycles. The summed E-state index contributed by atoms with van der Waals surface area (Å²) >= 11 is 1.40. The van der Waals surface area contributed by atoms with Gasteiger partial charge in [0, 0.05) is 6.04 Å². The zero-order chi connectivity index (χ0) is 8.10. The SMILES string of the molecule is CNC(C)COc1cnsc1. The highest BCUT2D eigenvalue weighted by molar-refractivity contribution is 7.03. The molecule has 1 atom stereocenters. The summed E-state index contributed by atoms with van der Waals surface area (Å²) in [5.41, 5.74) is 0. The van der Waals surface area contributed by atoms with Gasteiger partial charge in [-0.2, -0.15) is 4.37 Å². The smallest absolute Gasteiger partial charge is 0.150 e. The van der Waals surface area contributed by atoms with E-state index in [2.05, 4.69) is 16.6 Å². The molecule has 0 fully saturated rings. The number of nitrogens with one attached hydrogen (secondary N) is 1. The van der Waals surface area contributed by atoms with Gasteiger partial charge in [0.2, 0.25) is 0 Å². The molecule has 0 saturated heterocycles. The van der Waals surface area contributed by atoms with Gasteiger partial charge in [-0.25, -0.2) is 0 Å². The van der Waals surface area contributed by atoms with E-state index in [-0.39, 0.29) is 0 Å². The van der Waals surface area contributed by atoms with Crippen LogP contribution >= 0.6 is 11.5 Å². The fourth-order valence-electron chi connectivity index (χ4n) is 0.571. The van der Waals surface area contributed by atoms with E-state index in [4.69, 9.17) is 4.74 Å². The van der Waals surface area contributed by atoms with Crippen LogP contribution < -0.4 is 10.1 Å². The Morgan fingerprint density at radius 3 is 3.18 bits per heavy atom. The quantitative estimate of drug-likeness (QED) is 0.739. The second kappa shape index (κ2) is 4.31. The molecule has 0 aliphatic carbocycles. The first-order valence-electron chi connectivity index (χ1n) is 3.52. The first-order chi connectivity index (χ1) is 5.33. The Balaban J connectivity index is 2.23. The average molecular weight is 172 g/mol. The van der Waals surface area contributed by atoms with Crippen LogP contribution in [0.5, 0.6) is 5.75 Å². The van der Waals surface area contributed by atoms with Crippen LogP contribution in [0.15, 0.2) is 11.6 Å². The second-order valence-corrected chi connectivity index (χ2v) is 3.02. The number of rotatable bonds is 4. The maximum Gasteiger partial charge on any atom is 0.150 e. The minimum absolute atomic E-state index is 0.384. The third kappa shape index (κ3) is 2.86. The summed E-state index contributed by atoms with van der Waals surface area (Å²) in [5, 5.41) is 4.98. The maximum absolute atomic E-state index is 5.38. The minimum atomic E-state index is 0.384. The van der Waals surface area contributed by atoms with Crippen molar-refractivity contribution in [3.8, 4) is 5.75 Å². The van der Waals surface area contributed by atoms with Crippen molar-refractivity contribution in [2.24, 2.45) is 0 Å². The van der Waals surface area contributed by atoms with Gasteiger partial charge in [-0.15, -0.1) is 0 Å². The van der Waals surface area contributed by atoms with E-state index >= 15 is 0 Å². The van der Waals surface area contributed by atoms with E-state index < -0.39 is 0 Å². The number of aromatic nitrogens is 1. The van der Waals surface area contributed by atoms with Crippen molar-refractivity contribution in [2.45, 2.75) is 13.0 Å². The monoisotopic (exact) mass is 172 g/mol. The Kier molecular flexibility index (Phi) is 3.32. The molecule has 0 radical (unpaired) electrons. The number of hydrogen-bond donors (Lipinski definition) is 1. The molecule has 62 valence electrons. The third-order valence-corrected chi connectivity index (χ3v) is 1.97. The molecule has 0 aliphatic rings. The molecule has 0 spiro atoms. The summed E-state index contributed by atoms with van der Waals surface area (Å²) in [6.07, 6.45) is 1.73. The van der Waals surface area contributed by atoms with E-state index in [9.17, 15) is 0 Å². The van der Waals surface area contributed by atoms with Gasteiger partial charge in [0.25, 0.3) is 0 Å². The number of ether oxygens (including phenoxy) is 1. The molecule has 0 aliphatic heterocycles. The van der Waals surface area contributed by atoms with E-state index in [1.807, 2.05) is 12.4 Å². The maximum atomic E-state index is 5.38. The molecule has 11 heavy (non-hydrogen) atoms. The predicted octanol–water partition coefficient (Wildman–Crippen LogP) is 1.13. The van der Waals surface area contributed by atoms with E-state index in [0.29, 0.717) is 12.6 Å². The van der Waals surface area contributed by atoms with Gasteiger partial charge in [0.15, 0.2) is 0 Å². The van der Waals surface area contributed by atoms with Gasteiger partial charge in [0.1, 0.15) is 12.4 Å². The van der Waals surface area contributed by atoms with Gasteiger partial charge < -0.3 is 10.1 Å². The van der Waals surface area contributed by atoms with Crippen molar-refractivity contribution in [1.82, 2.24) is 9.69 Å². The number of likely N-dealkylation sites (N-methyl/N-ethyl adjacent to an activating group) is 1. The van der Waals surface area contributed by atoms with Crippen LogP contribution in [-0.2, 0) is 0 Å². The Morgan fingerprint density at radius 1 is 1.82 bits per heavy atom. The van der Waals surface area contributed by atoms with Crippen LogP contribution in [-0.4, -0.2) is 24.1 Å². The lowest BCUT2D eigenvalue weighted by Crippen LogP contribution is -2.27. The summed E-state index contributed by atoms with van der Waals surface area (Å²) in [4.78, 5) is 0. The molecule has 1 aromatic rings. The van der Waals surface area contributed by atoms with Crippen molar-refractivity contribution in [1.29, 1.82) is 0 Å². The highest BCUT2D eigenvalue weighted by Gasteiger charge is 1.99. The molecule has 0 bridgehead atoms.